The lowest BCUT2D eigenvalue weighted by molar-refractivity contribution is -0.152. The summed E-state index contributed by atoms with van der Waals surface area (Å²) in [4.78, 5) is 23.4. The van der Waals surface area contributed by atoms with E-state index in [1.165, 1.54) is 0 Å². The molecule has 0 saturated heterocycles. The molecule has 0 heterocycles. The first kappa shape index (κ1) is 19.6. The van der Waals surface area contributed by atoms with E-state index in [9.17, 15) is 19.8 Å². The Morgan fingerprint density at radius 1 is 1.33 bits per heavy atom. The lowest BCUT2D eigenvalue weighted by atomic mass is 9.49. The van der Waals surface area contributed by atoms with Gasteiger partial charge in [-0.25, -0.2) is 0 Å². The molecule has 3 saturated carbocycles. The van der Waals surface area contributed by atoms with Gasteiger partial charge in [0.05, 0.1) is 16.9 Å². The van der Waals surface area contributed by atoms with Gasteiger partial charge in [-0.15, -0.1) is 23.2 Å². The molecule has 0 aromatic heterocycles. The van der Waals surface area contributed by atoms with Crippen molar-refractivity contribution in [1.29, 1.82) is 0 Å². The van der Waals surface area contributed by atoms with Crippen LogP contribution in [0.25, 0.3) is 0 Å². The van der Waals surface area contributed by atoms with E-state index in [4.69, 9.17) is 23.2 Å². The Balaban J connectivity index is 1.78. The summed E-state index contributed by atoms with van der Waals surface area (Å²) in [5.74, 6) is -1.20. The lowest BCUT2D eigenvalue weighted by Crippen LogP contribution is -2.65. The van der Waals surface area contributed by atoms with Crippen LogP contribution < -0.4 is 0 Å². The number of ketones is 2. The molecule has 8 atom stereocenters. The number of halogens is 2. The molecule has 6 heteroatoms. The van der Waals surface area contributed by atoms with Crippen LogP contribution in [0.1, 0.15) is 39.5 Å². The third kappa shape index (κ3) is 2.30. The van der Waals surface area contributed by atoms with Gasteiger partial charge in [-0.1, -0.05) is 25.5 Å². The highest BCUT2D eigenvalue weighted by molar-refractivity contribution is 6.29. The van der Waals surface area contributed by atoms with E-state index in [-0.39, 0.29) is 47.5 Å². The van der Waals surface area contributed by atoms with Crippen molar-refractivity contribution in [2.24, 2.45) is 29.1 Å². The minimum atomic E-state index is -1.50. The van der Waals surface area contributed by atoms with Crippen LogP contribution >= 0.6 is 23.2 Å². The van der Waals surface area contributed by atoms with Gasteiger partial charge in [0.25, 0.3) is 0 Å². The number of alkyl halides is 2. The van der Waals surface area contributed by atoms with Gasteiger partial charge in [0.1, 0.15) is 5.60 Å². The molecule has 3 fully saturated rings. The summed E-state index contributed by atoms with van der Waals surface area (Å²) in [6.45, 7) is 3.89. The normalized spacial score (nSPS) is 51.3. The Labute approximate surface area is 169 Å². The third-order valence-corrected chi connectivity index (χ3v) is 9.30. The Kier molecular flexibility index (Phi) is 4.48. The average Bonchev–Trinajstić information content (AvgIpc) is 2.88. The highest BCUT2D eigenvalue weighted by Crippen LogP contribution is 2.67. The smallest absolute Gasteiger partial charge is 0.179 e. The van der Waals surface area contributed by atoms with Crippen molar-refractivity contribution in [3.05, 3.63) is 23.8 Å². The number of hydrogen-bond donors (Lipinski definition) is 2. The number of carbonyl (C=O) groups is 2. The van der Waals surface area contributed by atoms with Gasteiger partial charge >= 0.3 is 0 Å². The molecule has 4 aliphatic carbocycles. The number of fused-ring (bicyclic) bond motifs is 5. The van der Waals surface area contributed by atoms with Crippen LogP contribution in [0, 0.1) is 29.1 Å². The zero-order valence-corrected chi connectivity index (χ0v) is 17.1. The molecule has 0 amide bonds. The number of carbonyl (C=O) groups excluding carboxylic acids is 2. The monoisotopic (exact) mass is 412 g/mol. The number of aliphatic hydroxyl groups excluding tert-OH is 1. The van der Waals surface area contributed by atoms with E-state index in [0.29, 0.717) is 6.42 Å². The number of allylic oxidation sites excluding steroid dienone is 4. The maximum absolute atomic E-state index is 12.5. The first-order chi connectivity index (χ1) is 12.6. The maximum Gasteiger partial charge on any atom is 0.179 e. The number of rotatable bonds is 2. The molecule has 0 aliphatic heterocycles. The van der Waals surface area contributed by atoms with Gasteiger partial charge < -0.3 is 10.2 Å². The van der Waals surface area contributed by atoms with Crippen LogP contribution in [0.3, 0.4) is 0 Å². The highest BCUT2D eigenvalue weighted by Gasteiger charge is 2.70. The fourth-order valence-corrected chi connectivity index (χ4v) is 7.46. The standard InChI is InChI=1S/C21H26Cl2O4/c1-11-7-14-15-4-3-12-8-13(24)5-6-19(12,2)21(15,23)17(25)9-16(14)20(11,27)18(26)10-22/h5-6,8,11,14-17,25,27H,3-4,7,9-10H2,1-2H3/t11-,14+,15+,16-,17+,19+,20-,21+/m1/s1. The molecule has 148 valence electrons. The van der Waals surface area contributed by atoms with E-state index >= 15 is 0 Å². The van der Waals surface area contributed by atoms with Crippen molar-refractivity contribution in [3.63, 3.8) is 0 Å². The van der Waals surface area contributed by atoms with Gasteiger partial charge in [0.2, 0.25) is 0 Å². The molecular formula is C21H26Cl2O4. The van der Waals surface area contributed by atoms with Crippen molar-refractivity contribution in [1.82, 2.24) is 0 Å². The first-order valence-electron chi connectivity index (χ1n) is 9.73. The minimum Gasteiger partial charge on any atom is -0.391 e. The van der Waals surface area contributed by atoms with Crippen molar-refractivity contribution in [3.8, 4) is 0 Å². The van der Waals surface area contributed by atoms with Crippen LogP contribution in [0.4, 0.5) is 0 Å². The molecule has 0 aromatic carbocycles. The summed E-state index contributed by atoms with van der Waals surface area (Å²) >= 11 is 13.1. The molecule has 4 rings (SSSR count). The van der Waals surface area contributed by atoms with Gasteiger partial charge in [-0.05, 0) is 55.6 Å². The van der Waals surface area contributed by atoms with Crippen molar-refractivity contribution >= 4 is 34.8 Å². The van der Waals surface area contributed by atoms with E-state index in [1.54, 1.807) is 12.2 Å². The zero-order valence-electron chi connectivity index (χ0n) is 15.6. The Bertz CT molecular complexity index is 761. The quantitative estimate of drug-likeness (QED) is 0.683. The highest BCUT2D eigenvalue weighted by atomic mass is 35.5. The van der Waals surface area contributed by atoms with E-state index in [2.05, 4.69) is 0 Å². The van der Waals surface area contributed by atoms with Gasteiger partial charge in [0.15, 0.2) is 11.6 Å². The number of Topliss-reactive ketones (excluding diaryl/α,β-unsaturated/α-hetero) is 1. The Hall–Kier alpha value is -0.680. The van der Waals surface area contributed by atoms with Crippen LogP contribution in [-0.2, 0) is 9.59 Å². The second kappa shape index (κ2) is 6.16. The van der Waals surface area contributed by atoms with Crippen molar-refractivity contribution < 1.29 is 19.8 Å². The molecular weight excluding hydrogens is 387 g/mol. The first-order valence-corrected chi connectivity index (χ1v) is 10.6. The summed E-state index contributed by atoms with van der Waals surface area (Å²) in [5.41, 5.74) is -1.14. The number of aliphatic hydroxyl groups is 2. The minimum absolute atomic E-state index is 0.0408. The SMILES string of the molecule is C[C@@H]1C[C@@H]2[C@@H](C[C@H](O)[C@@]3(Cl)[C@H]2CCC2=CC(=O)C=C[C@@]23C)[C@@]1(O)C(=O)CCl. The van der Waals surface area contributed by atoms with Gasteiger partial charge in [-0.2, -0.15) is 0 Å². The molecule has 4 nitrogen and oxygen atoms in total. The summed E-state index contributed by atoms with van der Waals surface area (Å²) in [5, 5.41) is 22.5. The van der Waals surface area contributed by atoms with Crippen molar-refractivity contribution in [2.45, 2.75) is 56.1 Å². The van der Waals surface area contributed by atoms with Crippen molar-refractivity contribution in [2.75, 3.05) is 5.88 Å². The third-order valence-electron chi connectivity index (χ3n) is 8.13. The fraction of sp³-hybridized carbons (Fsp3) is 0.714. The molecule has 0 aromatic rings. The van der Waals surface area contributed by atoms with E-state index in [1.807, 2.05) is 19.9 Å². The molecule has 0 unspecified atom stereocenters. The van der Waals surface area contributed by atoms with Crippen LogP contribution in [-0.4, -0.2) is 44.2 Å². The van der Waals surface area contributed by atoms with E-state index in [0.717, 1.165) is 18.4 Å². The summed E-state index contributed by atoms with van der Waals surface area (Å²) < 4.78 is 0. The largest absolute Gasteiger partial charge is 0.391 e. The van der Waals surface area contributed by atoms with Crippen LogP contribution in [0.5, 0.6) is 0 Å². The molecule has 0 radical (unpaired) electrons. The fourth-order valence-electron chi connectivity index (χ4n) is 6.70. The predicted molar refractivity (Wildman–Crippen MR) is 104 cm³/mol. The van der Waals surface area contributed by atoms with Crippen LogP contribution in [0.2, 0.25) is 0 Å². The molecule has 0 spiro atoms. The maximum atomic E-state index is 12.5. The predicted octanol–water partition coefficient (Wildman–Crippen LogP) is 3.02. The second-order valence-electron chi connectivity index (χ2n) is 9.06. The second-order valence-corrected chi connectivity index (χ2v) is 9.95. The zero-order chi connectivity index (χ0) is 19.8. The van der Waals surface area contributed by atoms with Crippen LogP contribution in [0.15, 0.2) is 23.8 Å². The topological polar surface area (TPSA) is 74.6 Å². The Morgan fingerprint density at radius 2 is 2.04 bits per heavy atom. The summed E-state index contributed by atoms with van der Waals surface area (Å²) in [6.07, 6.45) is 6.58. The number of hydrogen-bond acceptors (Lipinski definition) is 4. The van der Waals surface area contributed by atoms with Gasteiger partial charge in [-0.3, -0.25) is 9.59 Å². The Morgan fingerprint density at radius 3 is 2.70 bits per heavy atom. The molecule has 0 bridgehead atoms. The summed E-state index contributed by atoms with van der Waals surface area (Å²) in [6, 6.07) is 0. The lowest BCUT2D eigenvalue weighted by Gasteiger charge is -2.61. The van der Waals surface area contributed by atoms with Gasteiger partial charge in [0, 0.05) is 11.3 Å². The average molecular weight is 413 g/mol. The summed E-state index contributed by atoms with van der Waals surface area (Å²) in [7, 11) is 0. The van der Waals surface area contributed by atoms with E-state index < -0.39 is 22.0 Å². The molecule has 4 aliphatic rings. The molecule has 27 heavy (non-hydrogen) atoms. The molecule has 2 N–H and O–H groups in total.